The predicted molar refractivity (Wildman–Crippen MR) is 163 cm³/mol. The smallest absolute Gasteiger partial charge is 0.303 e. The summed E-state index contributed by atoms with van der Waals surface area (Å²) in [5, 5.41) is 22.0. The van der Waals surface area contributed by atoms with Crippen LogP contribution in [-0.2, 0) is 43.1 Å². The average molecular weight is 608 g/mol. The van der Waals surface area contributed by atoms with Crippen molar-refractivity contribution >= 4 is 33.6 Å². The van der Waals surface area contributed by atoms with Crippen molar-refractivity contribution in [3.8, 4) is 0 Å². The van der Waals surface area contributed by atoms with Gasteiger partial charge in [0.2, 0.25) is 21.8 Å². The number of aryl methyl sites for hydroxylation is 1. The number of aliphatic carboxylic acids is 1. The van der Waals surface area contributed by atoms with Gasteiger partial charge in [-0.15, -0.1) is 0 Å². The van der Waals surface area contributed by atoms with Crippen LogP contribution in [0.1, 0.15) is 47.9 Å². The molecule has 7 N–H and O–H groups in total. The Hall–Kier alpha value is -4.55. The first-order valence-electron chi connectivity index (χ1n) is 13.8. The molecule has 0 spiro atoms. The number of hydrogen-bond donors (Lipinski definition) is 6. The molecule has 3 aromatic rings. The van der Waals surface area contributed by atoms with Crippen LogP contribution in [0.4, 0.5) is 0 Å². The third kappa shape index (κ3) is 11.7. The summed E-state index contributed by atoms with van der Waals surface area (Å²) < 4.78 is 28.6. The Labute approximate surface area is 251 Å². The van der Waals surface area contributed by atoms with E-state index in [1.807, 2.05) is 30.3 Å². The molecule has 0 heterocycles. The molecule has 12 heteroatoms. The number of amides is 2. The lowest BCUT2D eigenvalue weighted by Gasteiger charge is -2.23. The van der Waals surface area contributed by atoms with Crippen molar-refractivity contribution < 1.29 is 27.9 Å². The van der Waals surface area contributed by atoms with Crippen LogP contribution in [0.2, 0.25) is 0 Å². The summed E-state index contributed by atoms with van der Waals surface area (Å²) in [5.41, 5.74) is 8.21. The van der Waals surface area contributed by atoms with Crippen LogP contribution in [0.3, 0.4) is 0 Å². The Morgan fingerprint density at radius 1 is 0.791 bits per heavy atom. The minimum atomic E-state index is -3.94. The van der Waals surface area contributed by atoms with Crippen molar-refractivity contribution in [2.24, 2.45) is 5.73 Å². The van der Waals surface area contributed by atoms with Crippen LogP contribution in [0, 0.1) is 5.41 Å². The van der Waals surface area contributed by atoms with Gasteiger partial charge in [-0.25, -0.2) is 13.1 Å². The van der Waals surface area contributed by atoms with Gasteiger partial charge in [0.05, 0.1) is 5.75 Å². The quantitative estimate of drug-likeness (QED) is 0.100. The second-order valence-corrected chi connectivity index (χ2v) is 11.9. The fraction of sp³-hybridized carbons (Fsp3) is 0.290. The van der Waals surface area contributed by atoms with Gasteiger partial charge in [0.1, 0.15) is 17.9 Å². The topological polar surface area (TPSA) is 192 Å². The van der Waals surface area contributed by atoms with Crippen LogP contribution in [0.15, 0.2) is 84.9 Å². The van der Waals surface area contributed by atoms with Crippen molar-refractivity contribution in [3.63, 3.8) is 0 Å². The van der Waals surface area contributed by atoms with E-state index in [1.165, 1.54) is 0 Å². The number of carboxylic acids is 1. The molecule has 0 fully saturated rings. The van der Waals surface area contributed by atoms with Gasteiger partial charge < -0.3 is 21.5 Å². The minimum Gasteiger partial charge on any atom is -0.481 e. The Kier molecular flexibility index (Phi) is 12.4. The summed E-state index contributed by atoms with van der Waals surface area (Å²) >= 11 is 0. The number of benzene rings is 3. The maximum absolute atomic E-state index is 13.5. The maximum Gasteiger partial charge on any atom is 0.303 e. The van der Waals surface area contributed by atoms with Gasteiger partial charge >= 0.3 is 5.97 Å². The van der Waals surface area contributed by atoms with E-state index in [1.54, 1.807) is 54.6 Å². The van der Waals surface area contributed by atoms with Crippen LogP contribution in [-0.4, -0.2) is 49.2 Å². The number of carboxylic acid groups (broad SMARTS) is 1. The highest BCUT2D eigenvalue weighted by atomic mass is 32.2. The van der Waals surface area contributed by atoms with E-state index in [-0.39, 0.29) is 43.8 Å². The lowest BCUT2D eigenvalue weighted by molar-refractivity contribution is -0.137. The summed E-state index contributed by atoms with van der Waals surface area (Å²) in [6.07, 6.45) is 0.493. The fourth-order valence-electron chi connectivity index (χ4n) is 4.36. The van der Waals surface area contributed by atoms with Crippen molar-refractivity contribution in [1.29, 1.82) is 5.41 Å². The van der Waals surface area contributed by atoms with Crippen LogP contribution >= 0.6 is 0 Å². The van der Waals surface area contributed by atoms with E-state index in [9.17, 15) is 22.8 Å². The molecule has 0 aliphatic rings. The van der Waals surface area contributed by atoms with Gasteiger partial charge in [-0.1, -0.05) is 84.9 Å². The molecule has 0 radical (unpaired) electrons. The van der Waals surface area contributed by atoms with Gasteiger partial charge in [-0.2, -0.15) is 0 Å². The molecule has 228 valence electrons. The van der Waals surface area contributed by atoms with E-state index in [4.69, 9.17) is 16.2 Å². The maximum atomic E-state index is 13.5. The Morgan fingerprint density at radius 3 is 1.98 bits per heavy atom. The first-order valence-corrected chi connectivity index (χ1v) is 15.5. The summed E-state index contributed by atoms with van der Waals surface area (Å²) in [5.74, 6) is -2.67. The second-order valence-electron chi connectivity index (χ2n) is 10.1. The molecular weight excluding hydrogens is 570 g/mol. The number of sulfonamides is 1. The molecular formula is C31H37N5O6S. The Morgan fingerprint density at radius 2 is 1.40 bits per heavy atom. The molecule has 2 unspecified atom stereocenters. The number of rotatable bonds is 17. The number of carbonyl (C=O) groups excluding carboxylic acids is 2. The Bertz CT molecular complexity index is 1480. The molecule has 3 rings (SSSR count). The number of nitrogen functional groups attached to an aromatic ring is 1. The number of amidine groups is 1. The van der Waals surface area contributed by atoms with Crippen molar-refractivity contribution in [2.75, 3.05) is 0 Å². The van der Waals surface area contributed by atoms with E-state index < -0.39 is 39.9 Å². The number of nitrogens with two attached hydrogens (primary N) is 1. The zero-order valence-electron chi connectivity index (χ0n) is 23.7. The van der Waals surface area contributed by atoms with Crippen molar-refractivity contribution in [2.45, 2.75) is 56.5 Å². The Balaban J connectivity index is 1.74. The normalized spacial score (nSPS) is 12.6. The summed E-state index contributed by atoms with van der Waals surface area (Å²) in [4.78, 5) is 37.8. The molecule has 0 aliphatic heterocycles. The molecule has 0 aromatic heterocycles. The highest BCUT2D eigenvalue weighted by Crippen LogP contribution is 2.11. The van der Waals surface area contributed by atoms with Crippen molar-refractivity contribution in [1.82, 2.24) is 15.4 Å². The molecule has 43 heavy (non-hydrogen) atoms. The lowest BCUT2D eigenvalue weighted by Crippen LogP contribution is -2.53. The first kappa shape index (κ1) is 33.0. The summed E-state index contributed by atoms with van der Waals surface area (Å²) in [7, 11) is -3.94. The number of hydrogen-bond acceptors (Lipinski definition) is 6. The van der Waals surface area contributed by atoms with Crippen LogP contribution in [0.5, 0.6) is 0 Å². The lowest BCUT2D eigenvalue weighted by atomic mass is 10.0. The third-order valence-corrected chi connectivity index (χ3v) is 8.01. The minimum absolute atomic E-state index is 0.0370. The van der Waals surface area contributed by atoms with E-state index in [0.29, 0.717) is 17.5 Å². The van der Waals surface area contributed by atoms with Gasteiger partial charge in [0, 0.05) is 18.5 Å². The highest BCUT2D eigenvalue weighted by molar-refractivity contribution is 7.88. The SMILES string of the molecule is N=C(N)c1ccc(CNC(=O)C(CCCC(=O)O)NC(=O)C(CCc2ccccc2)NS(=O)(=O)Cc2ccccc2)cc1. The van der Waals surface area contributed by atoms with Crippen LogP contribution < -0.4 is 21.1 Å². The zero-order chi connectivity index (χ0) is 31.2. The first-order chi connectivity index (χ1) is 20.5. The van der Waals surface area contributed by atoms with Crippen molar-refractivity contribution in [3.05, 3.63) is 107 Å². The molecule has 2 amide bonds. The van der Waals surface area contributed by atoms with Gasteiger partial charge in [-0.3, -0.25) is 19.8 Å². The monoisotopic (exact) mass is 607 g/mol. The summed E-state index contributed by atoms with van der Waals surface area (Å²) in [6, 6.07) is 22.3. The number of nitrogens with one attached hydrogen (secondary N) is 4. The average Bonchev–Trinajstić information content (AvgIpc) is 2.98. The molecule has 0 saturated heterocycles. The van der Waals surface area contributed by atoms with Gasteiger partial charge in [0.25, 0.3) is 0 Å². The van der Waals surface area contributed by atoms with Gasteiger partial charge in [0.15, 0.2) is 0 Å². The highest BCUT2D eigenvalue weighted by Gasteiger charge is 2.29. The number of carbonyl (C=O) groups is 3. The molecule has 0 bridgehead atoms. The molecule has 0 aliphatic carbocycles. The van der Waals surface area contributed by atoms with E-state index in [2.05, 4.69) is 15.4 Å². The summed E-state index contributed by atoms with van der Waals surface area (Å²) in [6.45, 7) is 0.115. The third-order valence-electron chi connectivity index (χ3n) is 6.65. The molecule has 3 aromatic carbocycles. The van der Waals surface area contributed by atoms with E-state index in [0.717, 1.165) is 11.1 Å². The predicted octanol–water partition coefficient (Wildman–Crippen LogP) is 2.45. The largest absolute Gasteiger partial charge is 0.481 e. The van der Waals surface area contributed by atoms with Gasteiger partial charge in [-0.05, 0) is 42.4 Å². The van der Waals surface area contributed by atoms with E-state index >= 15 is 0 Å². The van der Waals surface area contributed by atoms with Crippen LogP contribution in [0.25, 0.3) is 0 Å². The fourth-order valence-corrected chi connectivity index (χ4v) is 5.74. The standard InChI is InChI=1S/C31H37N5O6S/c32-29(33)25-17-14-23(15-18-25)20-34-30(39)26(12-7-13-28(37)38)35-31(40)27(19-16-22-8-3-1-4-9-22)36-43(41,42)21-24-10-5-2-6-11-24/h1-6,8-11,14-15,17-18,26-27,36H,7,12-13,16,19-21H2,(H3,32,33)(H,34,39)(H,35,40)(H,37,38). The molecule has 11 nitrogen and oxygen atoms in total. The zero-order valence-corrected chi connectivity index (χ0v) is 24.5. The molecule has 0 saturated carbocycles. The second kappa shape index (κ2) is 16.2. The molecule has 2 atom stereocenters.